The first-order valence-electron chi connectivity index (χ1n) is 12.9. The molecule has 5 rings (SSSR count). The molecule has 0 amide bonds. The van der Waals surface area contributed by atoms with Crippen LogP contribution in [0.1, 0.15) is 48.3 Å². The second-order valence-electron chi connectivity index (χ2n) is 11.2. The first-order valence-corrected chi connectivity index (χ1v) is 12.9. The molecule has 8 heteroatoms. The molecule has 1 fully saturated rings. The molecular weight excluding hydrogens is 482 g/mol. The summed E-state index contributed by atoms with van der Waals surface area (Å²) in [6.07, 6.45) is 3.17. The summed E-state index contributed by atoms with van der Waals surface area (Å²) in [6.45, 7) is 10.2. The number of phenolic OH excluding ortho intramolecular Hbond substituents is 1. The maximum Gasteiger partial charge on any atom is 0.341 e. The van der Waals surface area contributed by atoms with Gasteiger partial charge in [-0.05, 0) is 24.1 Å². The Morgan fingerprint density at radius 3 is 2.53 bits per heavy atom. The van der Waals surface area contributed by atoms with Crippen molar-refractivity contribution in [3.05, 3.63) is 65.5 Å². The number of aromatic hydroxyl groups is 1. The number of hydrogen-bond donors (Lipinski definition) is 1. The van der Waals surface area contributed by atoms with Crippen LogP contribution in [0.5, 0.6) is 11.6 Å². The molecule has 0 bridgehead atoms. The van der Waals surface area contributed by atoms with E-state index in [1.807, 2.05) is 36.4 Å². The highest BCUT2D eigenvalue weighted by Gasteiger charge is 2.34. The number of nitrogens with zero attached hydrogens (tertiary/aromatic N) is 3. The Bertz CT molecular complexity index is 1460. The number of esters is 1. The van der Waals surface area contributed by atoms with Crippen LogP contribution in [-0.4, -0.2) is 72.8 Å². The van der Waals surface area contributed by atoms with Crippen molar-refractivity contribution in [2.24, 2.45) is 5.41 Å². The van der Waals surface area contributed by atoms with E-state index < -0.39 is 5.97 Å². The Kier molecular flexibility index (Phi) is 7.03. The Hall–Kier alpha value is -3.62. The molecule has 1 aliphatic heterocycles. The molecule has 3 heterocycles. The molecule has 38 heavy (non-hydrogen) atoms. The van der Waals surface area contributed by atoms with Crippen molar-refractivity contribution in [3.8, 4) is 11.6 Å². The van der Waals surface area contributed by atoms with Crippen LogP contribution in [-0.2, 0) is 4.74 Å². The first-order chi connectivity index (χ1) is 18.2. The van der Waals surface area contributed by atoms with Crippen LogP contribution in [0.15, 0.2) is 53.3 Å². The van der Waals surface area contributed by atoms with E-state index in [0.29, 0.717) is 34.4 Å². The fraction of sp³-hybridized carbons (Fsp3) is 0.400. The molecule has 0 radical (unpaired) electrons. The summed E-state index contributed by atoms with van der Waals surface area (Å²) >= 11 is 0. The smallest absolute Gasteiger partial charge is 0.341 e. The van der Waals surface area contributed by atoms with Gasteiger partial charge in [0.15, 0.2) is 0 Å². The van der Waals surface area contributed by atoms with Gasteiger partial charge in [0, 0.05) is 60.2 Å². The number of pyridine rings is 1. The molecule has 2 aromatic carbocycles. The van der Waals surface area contributed by atoms with Crippen molar-refractivity contribution in [1.82, 2.24) is 14.8 Å². The van der Waals surface area contributed by atoms with Crippen LogP contribution in [0.4, 0.5) is 0 Å². The van der Waals surface area contributed by atoms with Gasteiger partial charge in [0.2, 0.25) is 5.88 Å². The summed E-state index contributed by atoms with van der Waals surface area (Å²) in [6, 6.07) is 11.1. The average molecular weight is 518 g/mol. The minimum atomic E-state index is -0.513. The van der Waals surface area contributed by atoms with Gasteiger partial charge in [-0.1, -0.05) is 45.0 Å². The number of phenols is 1. The summed E-state index contributed by atoms with van der Waals surface area (Å²) in [5.74, 6) is 0.131. The van der Waals surface area contributed by atoms with E-state index in [0.717, 1.165) is 37.1 Å². The fourth-order valence-electron chi connectivity index (χ4n) is 5.11. The lowest BCUT2D eigenvalue weighted by atomic mass is 9.89. The summed E-state index contributed by atoms with van der Waals surface area (Å²) in [4.78, 5) is 22.0. The van der Waals surface area contributed by atoms with Gasteiger partial charge in [-0.25, -0.2) is 9.78 Å². The van der Waals surface area contributed by atoms with Crippen LogP contribution < -0.4 is 4.74 Å². The van der Waals surface area contributed by atoms with Crippen molar-refractivity contribution in [2.45, 2.75) is 26.8 Å². The van der Waals surface area contributed by atoms with Crippen LogP contribution in [0.2, 0.25) is 0 Å². The maximum atomic E-state index is 12.9. The van der Waals surface area contributed by atoms with Gasteiger partial charge in [-0.15, -0.1) is 0 Å². The SMILES string of the molecule is COC(=O)c1coc2c1c(C(c1ccnc(OCC(C)(C)C)c1)N1CCN(C)CC1)c(O)c1ccccc12. The molecular formula is C30H35N3O5. The number of aromatic nitrogens is 1. The van der Waals surface area contributed by atoms with Gasteiger partial charge in [-0.2, -0.15) is 0 Å². The number of rotatable bonds is 6. The number of carbonyl (C=O) groups excluding carboxylic acids is 1. The van der Waals surface area contributed by atoms with E-state index in [4.69, 9.17) is 13.9 Å². The summed E-state index contributed by atoms with van der Waals surface area (Å²) in [5.41, 5.74) is 2.34. The van der Waals surface area contributed by atoms with Gasteiger partial charge >= 0.3 is 5.97 Å². The largest absolute Gasteiger partial charge is 0.507 e. The number of ether oxygens (including phenoxy) is 2. The number of carbonyl (C=O) groups is 1. The zero-order valence-electron chi connectivity index (χ0n) is 22.7. The van der Waals surface area contributed by atoms with Gasteiger partial charge in [0.25, 0.3) is 0 Å². The quantitative estimate of drug-likeness (QED) is 0.348. The minimum absolute atomic E-state index is 0.0243. The normalized spacial score (nSPS) is 16.1. The molecule has 2 aromatic heterocycles. The predicted octanol–water partition coefficient (Wildman–Crippen LogP) is 5.23. The second kappa shape index (κ2) is 10.3. The number of benzene rings is 2. The van der Waals surface area contributed by atoms with E-state index in [1.165, 1.54) is 13.4 Å². The van der Waals surface area contributed by atoms with Crippen LogP contribution in [0.25, 0.3) is 21.7 Å². The predicted molar refractivity (Wildman–Crippen MR) is 147 cm³/mol. The Morgan fingerprint density at radius 2 is 1.84 bits per heavy atom. The third-order valence-corrected chi connectivity index (χ3v) is 7.05. The lowest BCUT2D eigenvalue weighted by Gasteiger charge is -2.39. The molecule has 0 saturated carbocycles. The Balaban J connectivity index is 1.76. The standard InChI is InChI=1S/C30H35N3O5/c1-30(2,3)18-38-23-16-19(10-11-31-23)26(33-14-12-32(4)13-15-33)25-24-22(29(35)36-5)17-37-28(24)21-9-7-6-8-20(21)27(25)34/h6-11,16-17,26,34H,12-15,18H2,1-5H3. The van der Waals surface area contributed by atoms with E-state index in [9.17, 15) is 9.90 Å². The number of fused-ring (bicyclic) bond motifs is 3. The minimum Gasteiger partial charge on any atom is -0.507 e. The van der Waals surface area contributed by atoms with E-state index in [-0.39, 0.29) is 22.8 Å². The fourth-order valence-corrected chi connectivity index (χ4v) is 5.11. The van der Waals surface area contributed by atoms with Crippen LogP contribution >= 0.6 is 0 Å². The lowest BCUT2D eigenvalue weighted by molar-refractivity contribution is 0.0601. The van der Waals surface area contributed by atoms with E-state index >= 15 is 0 Å². The third-order valence-electron chi connectivity index (χ3n) is 7.05. The van der Waals surface area contributed by atoms with E-state index in [1.54, 1.807) is 6.20 Å². The van der Waals surface area contributed by atoms with Crippen molar-refractivity contribution < 1.29 is 23.8 Å². The Morgan fingerprint density at radius 1 is 1.13 bits per heavy atom. The summed E-state index contributed by atoms with van der Waals surface area (Å²) in [5, 5.41) is 13.8. The molecule has 0 spiro atoms. The molecule has 1 aliphatic rings. The monoisotopic (exact) mass is 517 g/mol. The van der Waals surface area contributed by atoms with Gasteiger partial charge in [0.05, 0.1) is 19.8 Å². The van der Waals surface area contributed by atoms with Crippen LogP contribution in [0.3, 0.4) is 0 Å². The van der Waals surface area contributed by atoms with Crippen LogP contribution in [0, 0.1) is 5.41 Å². The highest BCUT2D eigenvalue weighted by atomic mass is 16.5. The average Bonchev–Trinajstić information content (AvgIpc) is 3.35. The van der Waals surface area contributed by atoms with E-state index in [2.05, 4.69) is 42.6 Å². The molecule has 1 atom stereocenters. The second-order valence-corrected chi connectivity index (χ2v) is 11.2. The van der Waals surface area contributed by atoms with Crippen molar-refractivity contribution in [2.75, 3.05) is 46.9 Å². The highest BCUT2D eigenvalue weighted by Crippen LogP contribution is 2.46. The van der Waals surface area contributed by atoms with Gasteiger partial charge in [0.1, 0.15) is 23.2 Å². The summed E-state index contributed by atoms with van der Waals surface area (Å²) < 4.78 is 17.2. The van der Waals surface area contributed by atoms with Gasteiger partial charge in [-0.3, -0.25) is 4.90 Å². The molecule has 200 valence electrons. The molecule has 0 aliphatic carbocycles. The zero-order chi connectivity index (χ0) is 27.0. The maximum absolute atomic E-state index is 12.9. The molecule has 1 saturated heterocycles. The number of piperazine rings is 1. The third kappa shape index (κ3) is 4.93. The van der Waals surface area contributed by atoms with Crippen molar-refractivity contribution in [1.29, 1.82) is 0 Å². The first kappa shape index (κ1) is 26.0. The molecule has 8 nitrogen and oxygen atoms in total. The Labute approximate surface area is 222 Å². The highest BCUT2D eigenvalue weighted by molar-refractivity contribution is 6.16. The number of likely N-dealkylation sites (N-methyl/N-ethyl adjacent to an activating group) is 1. The molecule has 1 N–H and O–H groups in total. The zero-order valence-corrected chi connectivity index (χ0v) is 22.7. The lowest BCUT2D eigenvalue weighted by Crippen LogP contribution is -2.46. The molecule has 1 unspecified atom stereocenters. The van der Waals surface area contributed by atoms with Crippen molar-refractivity contribution in [3.63, 3.8) is 0 Å². The number of methoxy groups -OCH3 is 1. The summed E-state index contributed by atoms with van der Waals surface area (Å²) in [7, 11) is 3.45. The molecule has 4 aromatic rings. The number of furan rings is 1. The van der Waals surface area contributed by atoms with Crippen molar-refractivity contribution >= 4 is 27.7 Å². The van der Waals surface area contributed by atoms with Gasteiger partial charge < -0.3 is 23.9 Å². The topological polar surface area (TPSA) is 88.3 Å². The number of hydrogen-bond acceptors (Lipinski definition) is 8.